The third-order valence-corrected chi connectivity index (χ3v) is 1.41. The molecule has 0 heterocycles. The van der Waals surface area contributed by atoms with Crippen molar-refractivity contribution < 1.29 is 14.3 Å². The van der Waals surface area contributed by atoms with E-state index in [1.807, 2.05) is 19.2 Å². The molecule has 0 aliphatic carbocycles. The molecule has 5 heteroatoms. The second-order valence-electron chi connectivity index (χ2n) is 2.33. The summed E-state index contributed by atoms with van der Waals surface area (Å²) in [6.45, 7) is 3.79. The molecule has 3 amide bonds. The molecule has 0 radical (unpaired) electrons. The fraction of sp³-hybridized carbons (Fsp3) is 0.714. The molecule has 0 spiro atoms. The summed E-state index contributed by atoms with van der Waals surface area (Å²) in [5.74, 6) is 0. The first kappa shape index (κ1) is 10.7. The molecule has 0 aromatic carbocycles. The topological polar surface area (TPSA) is 81.4 Å². The van der Waals surface area contributed by atoms with Crippen LogP contribution in [0.15, 0.2) is 0 Å². The van der Waals surface area contributed by atoms with Crippen LogP contribution < -0.4 is 11.1 Å². The standard InChI is InChI=1S/C7H14N2O3/c1-3-5(4-2)12-7(11)9-6(8)10/h5H,3-4H2,1-2H3,(H3,8,9,10,11). The molecule has 0 unspecified atom stereocenters. The monoisotopic (exact) mass is 174 g/mol. The van der Waals surface area contributed by atoms with Crippen LogP contribution in [0.4, 0.5) is 9.59 Å². The fourth-order valence-electron chi connectivity index (χ4n) is 0.737. The summed E-state index contributed by atoms with van der Waals surface area (Å²) >= 11 is 0. The van der Waals surface area contributed by atoms with Crippen LogP contribution in [0.1, 0.15) is 26.7 Å². The van der Waals surface area contributed by atoms with Gasteiger partial charge in [0.25, 0.3) is 0 Å². The number of nitrogens with one attached hydrogen (secondary N) is 1. The number of amides is 3. The van der Waals surface area contributed by atoms with Gasteiger partial charge in [-0.2, -0.15) is 0 Å². The Bertz CT molecular complexity index is 166. The Kier molecular flexibility index (Phi) is 4.83. The third-order valence-electron chi connectivity index (χ3n) is 1.41. The molecule has 0 fully saturated rings. The summed E-state index contributed by atoms with van der Waals surface area (Å²) in [5.41, 5.74) is 4.70. The van der Waals surface area contributed by atoms with Crippen LogP contribution in [-0.4, -0.2) is 18.2 Å². The Morgan fingerprint density at radius 2 is 1.92 bits per heavy atom. The van der Waals surface area contributed by atoms with Gasteiger partial charge in [-0.25, -0.2) is 14.9 Å². The minimum Gasteiger partial charge on any atom is -0.446 e. The van der Waals surface area contributed by atoms with Crippen molar-refractivity contribution in [2.45, 2.75) is 32.8 Å². The van der Waals surface area contributed by atoms with Gasteiger partial charge in [-0.15, -0.1) is 0 Å². The van der Waals surface area contributed by atoms with Crippen molar-refractivity contribution in [3.63, 3.8) is 0 Å². The van der Waals surface area contributed by atoms with Crippen molar-refractivity contribution in [1.82, 2.24) is 5.32 Å². The highest BCUT2D eigenvalue weighted by atomic mass is 16.6. The maximum absolute atomic E-state index is 10.7. The number of primary amides is 1. The van der Waals surface area contributed by atoms with Crippen molar-refractivity contribution >= 4 is 12.1 Å². The molecule has 3 N–H and O–H groups in total. The van der Waals surface area contributed by atoms with E-state index in [9.17, 15) is 9.59 Å². The van der Waals surface area contributed by atoms with Crippen LogP contribution in [0.25, 0.3) is 0 Å². The molecular formula is C7H14N2O3. The smallest absolute Gasteiger partial charge is 0.415 e. The minimum atomic E-state index is -0.897. The van der Waals surface area contributed by atoms with Gasteiger partial charge in [0.15, 0.2) is 0 Å². The third kappa shape index (κ3) is 4.54. The molecule has 0 rings (SSSR count). The summed E-state index contributed by atoms with van der Waals surface area (Å²) in [6.07, 6.45) is 0.520. The van der Waals surface area contributed by atoms with Crippen molar-refractivity contribution in [2.24, 2.45) is 5.73 Å². The van der Waals surface area contributed by atoms with Gasteiger partial charge in [0, 0.05) is 0 Å². The van der Waals surface area contributed by atoms with Gasteiger partial charge in [0.2, 0.25) is 0 Å². The van der Waals surface area contributed by atoms with Gasteiger partial charge in [0.05, 0.1) is 0 Å². The lowest BCUT2D eigenvalue weighted by Gasteiger charge is -2.12. The first-order chi connectivity index (χ1) is 5.60. The maximum atomic E-state index is 10.7. The molecule has 0 bridgehead atoms. The predicted octanol–water partition coefficient (Wildman–Crippen LogP) is 0.980. The van der Waals surface area contributed by atoms with Gasteiger partial charge in [0.1, 0.15) is 6.10 Å². The van der Waals surface area contributed by atoms with Crippen LogP contribution in [0, 0.1) is 0 Å². The highest BCUT2D eigenvalue weighted by Crippen LogP contribution is 2.02. The van der Waals surface area contributed by atoms with Crippen molar-refractivity contribution in [1.29, 1.82) is 0 Å². The molecule has 0 aromatic heterocycles. The summed E-state index contributed by atoms with van der Waals surface area (Å²) in [6, 6.07) is -0.897. The zero-order valence-corrected chi connectivity index (χ0v) is 7.29. The predicted molar refractivity (Wildman–Crippen MR) is 43.6 cm³/mol. The number of ether oxygens (including phenoxy) is 1. The van der Waals surface area contributed by atoms with E-state index in [2.05, 4.69) is 0 Å². The van der Waals surface area contributed by atoms with Crippen LogP contribution in [0.3, 0.4) is 0 Å². The van der Waals surface area contributed by atoms with E-state index in [-0.39, 0.29) is 6.10 Å². The highest BCUT2D eigenvalue weighted by molar-refractivity contribution is 5.89. The molecule has 0 saturated carbocycles. The van der Waals surface area contributed by atoms with E-state index in [4.69, 9.17) is 10.5 Å². The van der Waals surface area contributed by atoms with Crippen molar-refractivity contribution in [3.8, 4) is 0 Å². The number of rotatable bonds is 3. The second kappa shape index (κ2) is 5.40. The number of imide groups is 1. The van der Waals surface area contributed by atoms with Crippen LogP contribution in [0.2, 0.25) is 0 Å². The second-order valence-corrected chi connectivity index (χ2v) is 2.33. The van der Waals surface area contributed by atoms with Crippen LogP contribution in [0.5, 0.6) is 0 Å². The summed E-state index contributed by atoms with van der Waals surface area (Å²) in [7, 11) is 0. The van der Waals surface area contributed by atoms with Crippen molar-refractivity contribution in [2.75, 3.05) is 0 Å². The van der Waals surface area contributed by atoms with Crippen molar-refractivity contribution in [3.05, 3.63) is 0 Å². The molecule has 0 aliphatic rings. The van der Waals surface area contributed by atoms with E-state index in [0.717, 1.165) is 12.8 Å². The zero-order chi connectivity index (χ0) is 9.56. The van der Waals surface area contributed by atoms with E-state index < -0.39 is 12.1 Å². The highest BCUT2D eigenvalue weighted by Gasteiger charge is 2.10. The average molecular weight is 174 g/mol. The van der Waals surface area contributed by atoms with Crippen LogP contribution >= 0.6 is 0 Å². The number of hydrogen-bond donors (Lipinski definition) is 2. The van der Waals surface area contributed by atoms with E-state index in [1.165, 1.54) is 0 Å². The van der Waals surface area contributed by atoms with Gasteiger partial charge < -0.3 is 10.5 Å². The number of carbonyl (C=O) groups excluding carboxylic acids is 2. The first-order valence-electron chi connectivity index (χ1n) is 3.87. The molecular weight excluding hydrogens is 160 g/mol. The van der Waals surface area contributed by atoms with Gasteiger partial charge in [-0.3, -0.25) is 0 Å². The Morgan fingerprint density at radius 1 is 1.42 bits per heavy atom. The number of urea groups is 1. The van der Waals surface area contributed by atoms with Gasteiger partial charge in [-0.1, -0.05) is 13.8 Å². The zero-order valence-electron chi connectivity index (χ0n) is 7.29. The number of alkyl carbamates (subject to hydrolysis) is 1. The normalized spacial score (nSPS) is 9.58. The van der Waals surface area contributed by atoms with Gasteiger partial charge >= 0.3 is 12.1 Å². The SMILES string of the molecule is CCC(CC)OC(=O)NC(N)=O. The molecule has 0 aromatic rings. The fourth-order valence-corrected chi connectivity index (χ4v) is 0.737. The molecule has 70 valence electrons. The lowest BCUT2D eigenvalue weighted by molar-refractivity contribution is 0.0953. The van der Waals surface area contributed by atoms with Crippen LogP contribution in [-0.2, 0) is 4.74 Å². The largest absolute Gasteiger partial charge is 0.446 e. The van der Waals surface area contributed by atoms with E-state index >= 15 is 0 Å². The average Bonchev–Trinajstić information content (AvgIpc) is 1.98. The molecule has 5 nitrogen and oxygen atoms in total. The van der Waals surface area contributed by atoms with E-state index in [0.29, 0.717) is 0 Å². The summed E-state index contributed by atoms with van der Waals surface area (Å²) in [5, 5.41) is 1.82. The molecule has 12 heavy (non-hydrogen) atoms. The lowest BCUT2D eigenvalue weighted by Crippen LogP contribution is -2.37. The Balaban J connectivity index is 3.74. The molecule has 0 saturated heterocycles. The number of hydrogen-bond acceptors (Lipinski definition) is 3. The molecule has 0 atom stereocenters. The number of carbonyl (C=O) groups is 2. The summed E-state index contributed by atoms with van der Waals surface area (Å²) in [4.78, 5) is 20.9. The Hall–Kier alpha value is -1.26. The molecule has 0 aliphatic heterocycles. The first-order valence-corrected chi connectivity index (χ1v) is 3.87. The maximum Gasteiger partial charge on any atom is 0.415 e. The Labute approximate surface area is 71.3 Å². The number of nitrogens with two attached hydrogens (primary N) is 1. The Morgan fingerprint density at radius 3 is 2.25 bits per heavy atom. The minimum absolute atomic E-state index is 0.149. The lowest BCUT2D eigenvalue weighted by atomic mass is 10.2. The quantitative estimate of drug-likeness (QED) is 0.669. The summed E-state index contributed by atoms with van der Waals surface area (Å²) < 4.78 is 4.81. The van der Waals surface area contributed by atoms with Gasteiger partial charge in [-0.05, 0) is 12.8 Å². The van der Waals surface area contributed by atoms with E-state index in [1.54, 1.807) is 0 Å².